The number of rotatable bonds is 6. The smallest absolute Gasteiger partial charge is 0.327 e. The first kappa shape index (κ1) is 20.5. The Bertz CT molecular complexity index is 1130. The van der Waals surface area contributed by atoms with Gasteiger partial charge < -0.3 is 11.5 Å². The first-order chi connectivity index (χ1) is 13.5. The van der Waals surface area contributed by atoms with E-state index in [2.05, 4.69) is 0 Å². The van der Waals surface area contributed by atoms with Crippen molar-refractivity contribution in [1.82, 2.24) is 20.5 Å². The lowest BCUT2D eigenvalue weighted by Gasteiger charge is -2.09. The van der Waals surface area contributed by atoms with E-state index in [1.54, 1.807) is 23.0 Å². The van der Waals surface area contributed by atoms with Crippen molar-refractivity contribution in [2.24, 2.45) is 11.5 Å². The number of amides is 4. The van der Waals surface area contributed by atoms with Crippen molar-refractivity contribution in [2.45, 2.75) is 16.2 Å². The van der Waals surface area contributed by atoms with Crippen molar-refractivity contribution in [3.8, 4) is 11.1 Å². The fourth-order valence-corrected chi connectivity index (χ4v) is 4.65. The molecule has 0 spiro atoms. The summed E-state index contributed by atoms with van der Waals surface area (Å²) in [6, 6.07) is 6.58. The number of urea groups is 2. The molecule has 2 aromatic carbocycles. The summed E-state index contributed by atoms with van der Waals surface area (Å²) in [5, 5.41) is 0. The molecule has 0 radical (unpaired) electrons. The molecule has 8 N–H and O–H groups in total. The molecule has 0 aromatic heterocycles. The summed E-state index contributed by atoms with van der Waals surface area (Å²) < 4.78 is 48.8. The van der Waals surface area contributed by atoms with Crippen LogP contribution in [-0.4, -0.2) is 28.9 Å². The van der Waals surface area contributed by atoms with Crippen LogP contribution in [-0.2, 0) is 26.5 Å². The van der Waals surface area contributed by atoms with Crippen LogP contribution < -0.4 is 32.0 Å². The zero-order valence-corrected chi connectivity index (χ0v) is 16.2. The van der Waals surface area contributed by atoms with Crippen molar-refractivity contribution in [3.05, 3.63) is 47.5 Å². The molecule has 0 heterocycles. The second-order valence-corrected chi connectivity index (χ2v) is 9.37. The minimum Gasteiger partial charge on any atom is -0.351 e. The lowest BCUT2D eigenvalue weighted by molar-refractivity contribution is 0.246. The van der Waals surface area contributed by atoms with E-state index in [1.807, 2.05) is 9.66 Å². The SMILES string of the molecule is NC(=O)NNS(=O)(=O)c1ccc2c(c1)Cc1cc(S(=O)(=O)NNC(N)=O)ccc1-2. The fraction of sp³-hybridized carbons (Fsp3) is 0.0667. The van der Waals surface area contributed by atoms with E-state index in [1.165, 1.54) is 24.3 Å². The number of primary amides is 2. The third-order valence-electron chi connectivity index (χ3n) is 4.06. The van der Waals surface area contributed by atoms with Crippen LogP contribution in [0.2, 0.25) is 0 Å². The van der Waals surface area contributed by atoms with Crippen LogP contribution in [0.4, 0.5) is 9.59 Å². The predicted octanol–water partition coefficient (Wildman–Crippen LogP) is -1.02. The number of nitrogens with two attached hydrogens (primary N) is 2. The number of hydrogen-bond donors (Lipinski definition) is 6. The van der Waals surface area contributed by atoms with Gasteiger partial charge in [-0.1, -0.05) is 12.1 Å². The van der Waals surface area contributed by atoms with E-state index in [0.717, 1.165) is 11.1 Å². The van der Waals surface area contributed by atoms with Gasteiger partial charge in [0.25, 0.3) is 20.0 Å². The minimum absolute atomic E-state index is 0.0991. The van der Waals surface area contributed by atoms with Gasteiger partial charge in [-0.3, -0.25) is 10.9 Å². The summed E-state index contributed by atoms with van der Waals surface area (Å²) in [4.78, 5) is 24.9. The summed E-state index contributed by atoms with van der Waals surface area (Å²) in [5.74, 6) is 0. The number of hydrazine groups is 2. The molecule has 14 heteroatoms. The summed E-state index contributed by atoms with van der Waals surface area (Å²) in [7, 11) is -8.06. The first-order valence-corrected chi connectivity index (χ1v) is 10.9. The lowest BCUT2D eigenvalue weighted by Crippen LogP contribution is -2.44. The van der Waals surface area contributed by atoms with Crippen molar-refractivity contribution in [3.63, 3.8) is 0 Å². The average molecular weight is 440 g/mol. The molecule has 1 aliphatic carbocycles. The molecule has 0 atom stereocenters. The highest BCUT2D eigenvalue weighted by Crippen LogP contribution is 2.38. The van der Waals surface area contributed by atoms with Crippen LogP contribution >= 0.6 is 0 Å². The third-order valence-corrected chi connectivity index (χ3v) is 6.55. The maximum atomic E-state index is 12.2. The largest absolute Gasteiger partial charge is 0.351 e. The van der Waals surface area contributed by atoms with Crippen molar-refractivity contribution in [1.29, 1.82) is 0 Å². The van der Waals surface area contributed by atoms with Crippen molar-refractivity contribution in [2.75, 3.05) is 0 Å². The molecule has 12 nitrogen and oxygen atoms in total. The molecule has 0 saturated carbocycles. The van der Waals surface area contributed by atoms with Gasteiger partial charge in [-0.25, -0.2) is 26.4 Å². The summed E-state index contributed by atoms with van der Waals surface area (Å²) in [6.45, 7) is 0. The highest BCUT2D eigenvalue weighted by Gasteiger charge is 2.24. The van der Waals surface area contributed by atoms with Gasteiger partial charge in [0, 0.05) is 0 Å². The molecule has 0 saturated heterocycles. The van der Waals surface area contributed by atoms with Gasteiger partial charge >= 0.3 is 12.1 Å². The summed E-state index contributed by atoms with van der Waals surface area (Å²) >= 11 is 0. The number of sulfonamides is 2. The van der Waals surface area contributed by atoms with Crippen molar-refractivity contribution >= 4 is 32.1 Å². The Morgan fingerprint density at radius 3 is 1.45 bits per heavy atom. The van der Waals surface area contributed by atoms with Gasteiger partial charge in [0.2, 0.25) is 0 Å². The Morgan fingerprint density at radius 2 is 1.10 bits per heavy atom. The Balaban J connectivity index is 1.89. The van der Waals surface area contributed by atoms with E-state index in [-0.39, 0.29) is 16.2 Å². The standard InChI is InChI=1S/C15H16N6O6S2/c16-14(22)18-20-28(24,25)10-1-3-12-8(6-10)5-9-7-11(2-4-13(9)12)29(26,27)21-19-15(17)23/h1-4,6-7,20-21H,5H2,(H3,16,18,22)(H3,17,19,23). The van der Waals surface area contributed by atoms with E-state index < -0.39 is 32.1 Å². The Morgan fingerprint density at radius 1 is 0.724 bits per heavy atom. The molecular weight excluding hydrogens is 424 g/mol. The molecule has 0 bridgehead atoms. The van der Waals surface area contributed by atoms with Crippen LogP contribution in [0.3, 0.4) is 0 Å². The molecule has 1 aliphatic rings. The van der Waals surface area contributed by atoms with Crippen molar-refractivity contribution < 1.29 is 26.4 Å². The number of carbonyl (C=O) groups excluding carboxylic acids is 2. The molecule has 4 amide bonds. The molecule has 3 rings (SSSR count). The zero-order valence-electron chi connectivity index (χ0n) is 14.6. The van der Waals surface area contributed by atoms with E-state index in [0.29, 0.717) is 11.1 Å². The molecule has 29 heavy (non-hydrogen) atoms. The van der Waals surface area contributed by atoms with Gasteiger partial charge in [-0.05, 0) is 52.9 Å². The normalized spacial score (nSPS) is 12.7. The van der Waals surface area contributed by atoms with Gasteiger partial charge in [-0.15, -0.1) is 9.66 Å². The summed E-state index contributed by atoms with van der Waals surface area (Å²) in [5.41, 5.74) is 16.1. The Labute approximate surface area is 165 Å². The highest BCUT2D eigenvalue weighted by molar-refractivity contribution is 7.89. The van der Waals surface area contributed by atoms with E-state index in [4.69, 9.17) is 11.5 Å². The van der Waals surface area contributed by atoms with Crippen LogP contribution in [0.5, 0.6) is 0 Å². The van der Waals surface area contributed by atoms with Crippen LogP contribution in [0.25, 0.3) is 11.1 Å². The molecule has 154 valence electrons. The number of fused-ring (bicyclic) bond motifs is 3. The van der Waals surface area contributed by atoms with Gasteiger partial charge in [0.1, 0.15) is 0 Å². The third kappa shape index (κ3) is 4.29. The highest BCUT2D eigenvalue weighted by atomic mass is 32.2. The quantitative estimate of drug-likeness (QED) is 0.265. The topological polar surface area (TPSA) is 203 Å². The van der Waals surface area contributed by atoms with Crippen LogP contribution in [0, 0.1) is 0 Å². The number of hydrogen-bond acceptors (Lipinski definition) is 6. The van der Waals surface area contributed by atoms with Gasteiger partial charge in [0.15, 0.2) is 0 Å². The fourth-order valence-electron chi connectivity index (χ4n) is 2.85. The number of carbonyl (C=O) groups is 2. The van der Waals surface area contributed by atoms with Crippen LogP contribution in [0.1, 0.15) is 11.1 Å². The molecular formula is C15H16N6O6S2. The average Bonchev–Trinajstić information content (AvgIpc) is 3.02. The van der Waals surface area contributed by atoms with Crippen LogP contribution in [0.15, 0.2) is 46.2 Å². The van der Waals surface area contributed by atoms with Gasteiger partial charge in [-0.2, -0.15) is 0 Å². The summed E-state index contributed by atoms with van der Waals surface area (Å²) in [6.07, 6.45) is 0.282. The molecule has 0 aliphatic heterocycles. The second kappa shape index (κ2) is 7.32. The zero-order chi connectivity index (χ0) is 21.4. The number of benzene rings is 2. The van der Waals surface area contributed by atoms with E-state index >= 15 is 0 Å². The predicted molar refractivity (Wildman–Crippen MR) is 101 cm³/mol. The molecule has 2 aromatic rings. The maximum Gasteiger partial charge on any atom is 0.327 e. The first-order valence-electron chi connectivity index (χ1n) is 7.90. The Kier molecular flexibility index (Phi) is 5.18. The lowest BCUT2D eigenvalue weighted by atomic mass is 10.1. The maximum absolute atomic E-state index is 12.2. The molecule has 0 unspecified atom stereocenters. The minimum atomic E-state index is -4.03. The second-order valence-electron chi connectivity index (χ2n) is 6.00. The number of nitrogens with one attached hydrogen (secondary N) is 4. The molecule has 0 fully saturated rings. The van der Waals surface area contributed by atoms with Gasteiger partial charge in [0.05, 0.1) is 9.79 Å². The monoisotopic (exact) mass is 440 g/mol. The Hall–Kier alpha value is -3.20. The van der Waals surface area contributed by atoms with E-state index in [9.17, 15) is 26.4 Å².